The van der Waals surface area contributed by atoms with Crippen molar-refractivity contribution in [3.63, 3.8) is 0 Å². The third-order valence-electron chi connectivity index (χ3n) is 2.17. The molecule has 0 aliphatic rings. The molecule has 0 radical (unpaired) electrons. The first-order valence-corrected chi connectivity index (χ1v) is 5.28. The van der Waals surface area contributed by atoms with Gasteiger partial charge in [0.15, 0.2) is 0 Å². The Morgan fingerprint density at radius 2 is 2.20 bits per heavy atom. The molecule has 1 heterocycles. The number of rotatable bonds is 4. The van der Waals surface area contributed by atoms with Crippen molar-refractivity contribution in [3.8, 4) is 6.07 Å². The van der Waals surface area contributed by atoms with E-state index in [0.717, 1.165) is 18.7 Å². The Balaban J connectivity index is 2.91. The summed E-state index contributed by atoms with van der Waals surface area (Å²) in [4.78, 5) is 2.05. The fourth-order valence-electron chi connectivity index (χ4n) is 1.29. The van der Waals surface area contributed by atoms with Crippen molar-refractivity contribution in [1.29, 1.82) is 5.26 Å². The number of aryl methyl sites for hydroxylation is 1. The number of nitrogens with zero attached hydrogens (tertiary/aromatic N) is 4. The maximum absolute atomic E-state index is 8.92. The molecule has 0 aliphatic carbocycles. The number of nitriles is 1. The van der Waals surface area contributed by atoms with Crippen LogP contribution in [0.1, 0.15) is 18.2 Å². The van der Waals surface area contributed by atoms with Gasteiger partial charge in [0.2, 0.25) is 0 Å². The van der Waals surface area contributed by atoms with Crippen LogP contribution in [0.4, 0.5) is 0 Å². The van der Waals surface area contributed by atoms with E-state index >= 15 is 0 Å². The SMILES string of the molecule is CCc1nn(CCN(C)C)c(Cl)c1C#N. The van der Waals surface area contributed by atoms with Crippen LogP contribution in [0.3, 0.4) is 0 Å². The average Bonchev–Trinajstić information content (AvgIpc) is 2.51. The van der Waals surface area contributed by atoms with Crippen LogP contribution in [0.2, 0.25) is 5.15 Å². The summed E-state index contributed by atoms with van der Waals surface area (Å²) in [5.74, 6) is 0. The number of hydrogen-bond acceptors (Lipinski definition) is 3. The molecule has 1 aromatic rings. The second-order valence-electron chi connectivity index (χ2n) is 3.60. The molecule has 0 amide bonds. The smallest absolute Gasteiger partial charge is 0.145 e. The van der Waals surface area contributed by atoms with Crippen molar-refractivity contribution in [2.75, 3.05) is 20.6 Å². The Morgan fingerprint density at radius 3 is 2.60 bits per heavy atom. The molecular formula is C10H15ClN4. The van der Waals surface area contributed by atoms with Gasteiger partial charge in [-0.2, -0.15) is 10.4 Å². The van der Waals surface area contributed by atoms with Gasteiger partial charge in [-0.25, -0.2) is 0 Å². The Morgan fingerprint density at radius 1 is 1.53 bits per heavy atom. The Labute approximate surface area is 95.0 Å². The number of likely N-dealkylation sites (N-methyl/N-ethyl adjacent to an activating group) is 1. The first-order chi connectivity index (χ1) is 7.10. The third kappa shape index (κ3) is 2.71. The Kier molecular flexibility index (Phi) is 4.13. The molecule has 0 bridgehead atoms. The summed E-state index contributed by atoms with van der Waals surface area (Å²) in [6.45, 7) is 3.53. The molecule has 0 spiro atoms. The largest absolute Gasteiger partial charge is 0.308 e. The van der Waals surface area contributed by atoms with E-state index in [0.29, 0.717) is 17.3 Å². The minimum atomic E-state index is 0.455. The van der Waals surface area contributed by atoms with Gasteiger partial charge in [-0.15, -0.1) is 0 Å². The highest BCUT2D eigenvalue weighted by atomic mass is 35.5. The average molecular weight is 227 g/mol. The first kappa shape index (κ1) is 12.0. The van der Waals surface area contributed by atoms with E-state index in [1.807, 2.05) is 21.0 Å². The maximum atomic E-state index is 8.92. The predicted molar refractivity (Wildman–Crippen MR) is 59.9 cm³/mol. The van der Waals surface area contributed by atoms with Crippen molar-refractivity contribution >= 4 is 11.6 Å². The molecule has 82 valence electrons. The van der Waals surface area contributed by atoms with Gasteiger partial charge in [0, 0.05) is 6.54 Å². The van der Waals surface area contributed by atoms with Gasteiger partial charge >= 0.3 is 0 Å². The van der Waals surface area contributed by atoms with E-state index < -0.39 is 0 Å². The topological polar surface area (TPSA) is 44.9 Å². The summed E-state index contributed by atoms with van der Waals surface area (Å²) < 4.78 is 1.69. The van der Waals surface area contributed by atoms with Crippen LogP contribution in [-0.2, 0) is 13.0 Å². The van der Waals surface area contributed by atoms with Crippen LogP contribution in [0.5, 0.6) is 0 Å². The highest BCUT2D eigenvalue weighted by molar-refractivity contribution is 6.30. The van der Waals surface area contributed by atoms with Crippen molar-refractivity contribution in [2.45, 2.75) is 19.9 Å². The molecule has 0 aromatic carbocycles. The van der Waals surface area contributed by atoms with Crippen molar-refractivity contribution in [3.05, 3.63) is 16.4 Å². The number of hydrogen-bond donors (Lipinski definition) is 0. The van der Waals surface area contributed by atoms with E-state index in [2.05, 4.69) is 16.1 Å². The van der Waals surface area contributed by atoms with E-state index in [1.54, 1.807) is 4.68 Å². The Hall–Kier alpha value is -1.05. The molecule has 15 heavy (non-hydrogen) atoms. The van der Waals surface area contributed by atoms with Crippen LogP contribution in [0.15, 0.2) is 0 Å². The van der Waals surface area contributed by atoms with Gasteiger partial charge in [0.1, 0.15) is 16.8 Å². The van der Waals surface area contributed by atoms with E-state index in [1.165, 1.54) is 0 Å². The summed E-state index contributed by atoms with van der Waals surface area (Å²) in [5.41, 5.74) is 1.29. The van der Waals surface area contributed by atoms with Crippen LogP contribution in [0, 0.1) is 11.3 Å². The minimum absolute atomic E-state index is 0.455. The molecule has 0 N–H and O–H groups in total. The zero-order valence-corrected chi connectivity index (χ0v) is 10.0. The summed E-state index contributed by atoms with van der Waals surface area (Å²) in [6, 6.07) is 2.09. The van der Waals surface area contributed by atoms with Gasteiger partial charge in [0.05, 0.1) is 12.2 Å². The molecule has 1 aromatic heterocycles. The lowest BCUT2D eigenvalue weighted by Gasteiger charge is -2.09. The first-order valence-electron chi connectivity index (χ1n) is 4.90. The zero-order valence-electron chi connectivity index (χ0n) is 9.29. The summed E-state index contributed by atoms with van der Waals surface area (Å²) in [6.07, 6.45) is 0.734. The second-order valence-corrected chi connectivity index (χ2v) is 3.96. The third-order valence-corrected chi connectivity index (χ3v) is 2.55. The highest BCUT2D eigenvalue weighted by Crippen LogP contribution is 2.19. The number of aromatic nitrogens is 2. The molecule has 0 unspecified atom stereocenters. The fraction of sp³-hybridized carbons (Fsp3) is 0.600. The molecular weight excluding hydrogens is 212 g/mol. The molecule has 0 atom stereocenters. The monoisotopic (exact) mass is 226 g/mol. The second kappa shape index (κ2) is 5.15. The molecule has 0 aliphatic heterocycles. The predicted octanol–water partition coefficient (Wildman–Crippen LogP) is 1.53. The van der Waals surface area contributed by atoms with Crippen LogP contribution < -0.4 is 0 Å². The minimum Gasteiger partial charge on any atom is -0.308 e. The molecule has 0 saturated heterocycles. The van der Waals surface area contributed by atoms with Gasteiger partial charge in [-0.3, -0.25) is 4.68 Å². The van der Waals surface area contributed by atoms with Gasteiger partial charge in [-0.05, 0) is 20.5 Å². The summed E-state index contributed by atoms with van der Waals surface area (Å²) >= 11 is 6.05. The van der Waals surface area contributed by atoms with Crippen LogP contribution >= 0.6 is 11.6 Å². The number of halogens is 1. The summed E-state index contributed by atoms with van der Waals surface area (Å²) in [5, 5.41) is 13.7. The van der Waals surface area contributed by atoms with Crippen molar-refractivity contribution < 1.29 is 0 Å². The summed E-state index contributed by atoms with van der Waals surface area (Å²) in [7, 11) is 3.98. The molecule has 5 heteroatoms. The molecule has 0 fully saturated rings. The maximum Gasteiger partial charge on any atom is 0.145 e. The molecule has 1 rings (SSSR count). The van der Waals surface area contributed by atoms with Gasteiger partial charge in [-0.1, -0.05) is 18.5 Å². The van der Waals surface area contributed by atoms with Gasteiger partial charge < -0.3 is 4.90 Å². The fourth-order valence-corrected chi connectivity index (χ4v) is 1.56. The van der Waals surface area contributed by atoms with Crippen molar-refractivity contribution in [2.24, 2.45) is 0 Å². The normalized spacial score (nSPS) is 10.7. The zero-order chi connectivity index (χ0) is 11.4. The lowest BCUT2D eigenvalue weighted by molar-refractivity contribution is 0.373. The molecule has 0 saturated carbocycles. The van der Waals surface area contributed by atoms with E-state index in [-0.39, 0.29) is 0 Å². The van der Waals surface area contributed by atoms with Crippen LogP contribution in [0.25, 0.3) is 0 Å². The quantitative estimate of drug-likeness (QED) is 0.782. The highest BCUT2D eigenvalue weighted by Gasteiger charge is 2.14. The van der Waals surface area contributed by atoms with Crippen molar-refractivity contribution in [1.82, 2.24) is 14.7 Å². The lowest BCUT2D eigenvalue weighted by atomic mass is 10.2. The molecule has 4 nitrogen and oxygen atoms in total. The van der Waals surface area contributed by atoms with Crippen LogP contribution in [-0.4, -0.2) is 35.3 Å². The van der Waals surface area contributed by atoms with E-state index in [9.17, 15) is 0 Å². The lowest BCUT2D eigenvalue weighted by Crippen LogP contribution is -2.19. The van der Waals surface area contributed by atoms with E-state index in [4.69, 9.17) is 16.9 Å². The van der Waals surface area contributed by atoms with Gasteiger partial charge in [0.25, 0.3) is 0 Å². The standard InChI is InChI=1S/C10H15ClN4/c1-4-9-8(7-12)10(11)15(13-9)6-5-14(2)3/h4-6H2,1-3H3. The Bertz CT molecular complexity index is 376.